The van der Waals surface area contributed by atoms with Crippen LogP contribution in [0.3, 0.4) is 0 Å². The topological polar surface area (TPSA) is 101 Å². The van der Waals surface area contributed by atoms with Crippen molar-refractivity contribution in [2.24, 2.45) is 0 Å². The molecule has 1 aliphatic heterocycles. The average Bonchev–Trinajstić information content (AvgIpc) is 3.20. The Kier molecular flexibility index (Phi) is 5.97. The lowest BCUT2D eigenvalue weighted by Crippen LogP contribution is -2.58. The Labute approximate surface area is 187 Å². The number of hydrogen-bond acceptors (Lipinski definition) is 6. The molecule has 0 radical (unpaired) electrons. The normalized spacial score (nSPS) is 15.3. The predicted molar refractivity (Wildman–Crippen MR) is 113 cm³/mol. The van der Waals surface area contributed by atoms with Crippen LogP contribution in [0.15, 0.2) is 48.9 Å². The Morgan fingerprint density at radius 1 is 1.10 bits per heavy atom. The number of benzene rings is 1. The number of hydrogen-bond donors (Lipinski definition) is 0. The largest absolute Gasteiger partial charge is 0.322 e. The maximum Gasteiger partial charge on any atom is 0.247 e. The molecule has 3 aromatic rings. The van der Waals surface area contributed by atoms with Gasteiger partial charge in [-0.25, -0.2) is 4.68 Å². The molecule has 9 nitrogen and oxygen atoms in total. The van der Waals surface area contributed by atoms with Crippen molar-refractivity contribution in [1.82, 2.24) is 24.9 Å². The zero-order valence-corrected chi connectivity index (χ0v) is 17.6. The minimum Gasteiger partial charge on any atom is -0.322 e. The van der Waals surface area contributed by atoms with E-state index in [0.717, 1.165) is 5.56 Å². The first-order valence-electron chi connectivity index (χ1n) is 9.28. The number of rotatable bonds is 6. The number of carbonyl (C=O) groups excluding carboxylic acids is 3. The van der Waals surface area contributed by atoms with Gasteiger partial charge in [0.05, 0.1) is 23.6 Å². The van der Waals surface area contributed by atoms with Gasteiger partial charge in [-0.2, -0.15) is 0 Å². The Balaban J connectivity index is 1.60. The van der Waals surface area contributed by atoms with Crippen molar-refractivity contribution in [3.63, 3.8) is 0 Å². The summed E-state index contributed by atoms with van der Waals surface area (Å²) in [5.74, 6) is -0.712. The van der Waals surface area contributed by atoms with Crippen LogP contribution < -0.4 is 4.90 Å². The van der Waals surface area contributed by atoms with Crippen LogP contribution >= 0.6 is 23.2 Å². The summed E-state index contributed by atoms with van der Waals surface area (Å²) in [5, 5.41) is 8.23. The van der Waals surface area contributed by atoms with Crippen molar-refractivity contribution in [3.05, 3.63) is 64.7 Å². The first-order chi connectivity index (χ1) is 15.0. The predicted octanol–water partition coefficient (Wildman–Crippen LogP) is 1.95. The lowest BCUT2D eigenvalue weighted by Gasteiger charge is -2.37. The summed E-state index contributed by atoms with van der Waals surface area (Å²) in [4.78, 5) is 44.3. The van der Waals surface area contributed by atoms with Gasteiger partial charge in [0.15, 0.2) is 5.15 Å². The molecule has 1 unspecified atom stereocenters. The van der Waals surface area contributed by atoms with E-state index >= 15 is 0 Å². The first-order valence-corrected chi connectivity index (χ1v) is 10.0. The molecule has 1 aliphatic rings. The fourth-order valence-corrected chi connectivity index (χ4v) is 3.71. The van der Waals surface area contributed by atoms with Crippen molar-refractivity contribution in [2.75, 3.05) is 18.0 Å². The minimum atomic E-state index is -0.768. The van der Waals surface area contributed by atoms with E-state index in [1.807, 2.05) is 6.07 Å². The maximum absolute atomic E-state index is 13.0. The van der Waals surface area contributed by atoms with E-state index in [1.165, 1.54) is 20.7 Å². The summed E-state index contributed by atoms with van der Waals surface area (Å²) < 4.78 is 1.40. The number of amides is 2. The third kappa shape index (κ3) is 4.42. The van der Waals surface area contributed by atoms with Crippen molar-refractivity contribution in [3.8, 4) is 5.69 Å². The van der Waals surface area contributed by atoms with Gasteiger partial charge in [-0.15, -0.1) is 5.10 Å². The molecule has 1 saturated heterocycles. The monoisotopic (exact) mass is 458 g/mol. The molecule has 2 amide bonds. The van der Waals surface area contributed by atoms with Gasteiger partial charge in [-0.05, 0) is 29.8 Å². The van der Waals surface area contributed by atoms with Gasteiger partial charge >= 0.3 is 0 Å². The molecule has 0 aliphatic carbocycles. The van der Waals surface area contributed by atoms with E-state index in [1.54, 1.807) is 36.7 Å². The van der Waals surface area contributed by atoms with E-state index in [-0.39, 0.29) is 36.5 Å². The van der Waals surface area contributed by atoms with Crippen LogP contribution in [0.25, 0.3) is 5.69 Å². The number of pyridine rings is 1. The fourth-order valence-electron chi connectivity index (χ4n) is 3.42. The minimum absolute atomic E-state index is 0.178. The third-order valence-electron chi connectivity index (χ3n) is 4.89. The molecule has 3 heterocycles. The molecule has 0 N–H and O–H groups in total. The van der Waals surface area contributed by atoms with E-state index in [9.17, 15) is 14.4 Å². The third-order valence-corrected chi connectivity index (χ3v) is 5.29. The van der Waals surface area contributed by atoms with Gasteiger partial charge in [-0.3, -0.25) is 19.5 Å². The van der Waals surface area contributed by atoms with Gasteiger partial charge in [0.1, 0.15) is 19.4 Å². The van der Waals surface area contributed by atoms with E-state index in [4.69, 9.17) is 23.2 Å². The lowest BCUT2D eigenvalue weighted by molar-refractivity contribution is -0.142. The van der Waals surface area contributed by atoms with Crippen LogP contribution in [0, 0.1) is 0 Å². The average molecular weight is 459 g/mol. The molecule has 0 spiro atoms. The first kappa shape index (κ1) is 21.0. The van der Waals surface area contributed by atoms with Crippen molar-refractivity contribution in [2.45, 2.75) is 12.5 Å². The number of carbonyl (C=O) groups is 3. The quantitative estimate of drug-likeness (QED) is 0.523. The standard InChI is InChI=1S/C20H16Cl2N6O3/c21-14-3-4-16(28-9-18(22)24-25-28)17(7-14)27-11-19(30)26(10-20(27)31)15(12-29)6-13-2-1-5-23-8-13/h1-5,7-9,12,15H,6,10-11H2. The molecule has 1 aromatic carbocycles. The Morgan fingerprint density at radius 3 is 2.61 bits per heavy atom. The highest BCUT2D eigenvalue weighted by Gasteiger charge is 2.36. The summed E-state index contributed by atoms with van der Waals surface area (Å²) in [6, 6.07) is 7.65. The highest BCUT2D eigenvalue weighted by atomic mass is 35.5. The van der Waals surface area contributed by atoms with Crippen molar-refractivity contribution < 1.29 is 14.4 Å². The molecular weight excluding hydrogens is 443 g/mol. The second-order valence-corrected chi connectivity index (χ2v) is 7.71. The van der Waals surface area contributed by atoms with E-state index < -0.39 is 6.04 Å². The number of piperazine rings is 1. The molecule has 11 heteroatoms. The van der Waals surface area contributed by atoms with Crippen LogP contribution in [-0.4, -0.2) is 62.1 Å². The number of nitrogens with zero attached hydrogens (tertiary/aromatic N) is 6. The summed E-state index contributed by atoms with van der Waals surface area (Å²) in [5.41, 5.74) is 1.67. The molecule has 0 saturated carbocycles. The Bertz CT molecular complexity index is 1140. The zero-order chi connectivity index (χ0) is 22.0. The van der Waals surface area contributed by atoms with Crippen LogP contribution in [0.5, 0.6) is 0 Å². The second-order valence-electron chi connectivity index (χ2n) is 6.89. The smallest absolute Gasteiger partial charge is 0.247 e. The number of halogens is 2. The summed E-state index contributed by atoms with van der Waals surface area (Å²) >= 11 is 12.0. The lowest BCUT2D eigenvalue weighted by atomic mass is 10.1. The molecule has 158 valence electrons. The molecule has 1 fully saturated rings. The Hall–Kier alpha value is -3.30. The molecular formula is C20H16Cl2N6O3. The summed E-state index contributed by atoms with van der Waals surface area (Å²) in [6.45, 7) is -0.488. The molecule has 2 aromatic heterocycles. The number of aldehydes is 1. The van der Waals surface area contributed by atoms with E-state index in [0.29, 0.717) is 22.7 Å². The van der Waals surface area contributed by atoms with Gasteiger partial charge in [0.2, 0.25) is 11.8 Å². The highest BCUT2D eigenvalue weighted by Crippen LogP contribution is 2.30. The number of aromatic nitrogens is 4. The number of anilines is 1. The second kappa shape index (κ2) is 8.83. The summed E-state index contributed by atoms with van der Waals surface area (Å²) in [6.07, 6.45) is 5.68. The fraction of sp³-hybridized carbons (Fsp3) is 0.200. The van der Waals surface area contributed by atoms with Gasteiger partial charge < -0.3 is 9.69 Å². The van der Waals surface area contributed by atoms with Crippen LogP contribution in [0.1, 0.15) is 5.56 Å². The van der Waals surface area contributed by atoms with Crippen LogP contribution in [0.2, 0.25) is 10.2 Å². The molecule has 4 rings (SSSR count). The maximum atomic E-state index is 13.0. The molecule has 31 heavy (non-hydrogen) atoms. The SMILES string of the molecule is O=CC(Cc1cccnc1)N1CC(=O)N(c2cc(Cl)ccc2-n2cc(Cl)nn2)CC1=O. The van der Waals surface area contributed by atoms with Crippen molar-refractivity contribution in [1.29, 1.82) is 0 Å². The zero-order valence-electron chi connectivity index (χ0n) is 16.1. The van der Waals surface area contributed by atoms with Crippen molar-refractivity contribution >= 4 is 47.0 Å². The van der Waals surface area contributed by atoms with Crippen LogP contribution in [0.4, 0.5) is 5.69 Å². The highest BCUT2D eigenvalue weighted by molar-refractivity contribution is 6.31. The molecule has 1 atom stereocenters. The van der Waals surface area contributed by atoms with Gasteiger partial charge in [0.25, 0.3) is 0 Å². The van der Waals surface area contributed by atoms with E-state index in [2.05, 4.69) is 15.3 Å². The Morgan fingerprint density at radius 2 is 1.94 bits per heavy atom. The molecule has 0 bridgehead atoms. The van der Waals surface area contributed by atoms with Gasteiger partial charge in [0, 0.05) is 23.8 Å². The van der Waals surface area contributed by atoms with Crippen LogP contribution in [-0.2, 0) is 20.8 Å². The van der Waals surface area contributed by atoms with Gasteiger partial charge in [-0.1, -0.05) is 34.5 Å². The summed E-state index contributed by atoms with van der Waals surface area (Å²) in [7, 11) is 0.